The zero-order valence-electron chi connectivity index (χ0n) is 15.6. The van der Waals surface area contributed by atoms with Gasteiger partial charge in [-0.15, -0.1) is 0 Å². The number of carbonyl (C=O) groups excluding carboxylic acids is 1. The van der Waals surface area contributed by atoms with Crippen LogP contribution in [0.2, 0.25) is 0 Å². The number of carbonyl (C=O) groups is 1. The SMILES string of the molecule is COCCCC1CCCCN1C(=O)c1ccc(-c2cc(=O)[nH]c(N)n2)cc1. The molecule has 2 heterocycles. The lowest BCUT2D eigenvalue weighted by atomic mass is 9.96. The van der Waals surface area contributed by atoms with Crippen LogP contribution in [0.15, 0.2) is 35.1 Å². The van der Waals surface area contributed by atoms with E-state index in [1.54, 1.807) is 31.4 Å². The normalized spacial score (nSPS) is 17.1. The lowest BCUT2D eigenvalue weighted by molar-refractivity contribution is 0.0585. The largest absolute Gasteiger partial charge is 0.385 e. The molecule has 1 fully saturated rings. The quantitative estimate of drug-likeness (QED) is 0.761. The first-order valence-corrected chi connectivity index (χ1v) is 9.35. The average Bonchev–Trinajstić information content (AvgIpc) is 2.67. The van der Waals surface area contributed by atoms with Crippen molar-refractivity contribution >= 4 is 11.9 Å². The van der Waals surface area contributed by atoms with Gasteiger partial charge in [0, 0.05) is 43.5 Å². The second-order valence-corrected chi connectivity index (χ2v) is 6.88. The molecule has 3 rings (SSSR count). The highest BCUT2D eigenvalue weighted by atomic mass is 16.5. The van der Waals surface area contributed by atoms with Gasteiger partial charge in [0.15, 0.2) is 0 Å². The Morgan fingerprint density at radius 1 is 1.33 bits per heavy atom. The number of nitrogens with two attached hydrogens (primary N) is 1. The number of hydrogen-bond acceptors (Lipinski definition) is 5. The molecule has 3 N–H and O–H groups in total. The van der Waals surface area contributed by atoms with Crippen LogP contribution in [0.25, 0.3) is 11.3 Å². The van der Waals surface area contributed by atoms with Gasteiger partial charge >= 0.3 is 0 Å². The minimum atomic E-state index is -0.301. The summed E-state index contributed by atoms with van der Waals surface area (Å²) in [4.78, 5) is 33.1. The molecule has 1 aliphatic heterocycles. The summed E-state index contributed by atoms with van der Waals surface area (Å²) in [6.45, 7) is 1.52. The number of nitrogens with one attached hydrogen (secondary N) is 1. The number of aromatic nitrogens is 2. The van der Waals surface area contributed by atoms with E-state index >= 15 is 0 Å². The fraction of sp³-hybridized carbons (Fsp3) is 0.450. The number of benzene rings is 1. The van der Waals surface area contributed by atoms with E-state index in [1.165, 1.54) is 6.07 Å². The molecule has 7 nitrogen and oxygen atoms in total. The zero-order valence-corrected chi connectivity index (χ0v) is 15.6. The van der Waals surface area contributed by atoms with Gasteiger partial charge in [-0.25, -0.2) is 4.98 Å². The molecule has 0 bridgehead atoms. The number of ether oxygens (including phenoxy) is 1. The molecular weight excluding hydrogens is 344 g/mol. The Morgan fingerprint density at radius 3 is 2.81 bits per heavy atom. The summed E-state index contributed by atoms with van der Waals surface area (Å²) in [7, 11) is 1.70. The Balaban J connectivity index is 1.75. The molecule has 27 heavy (non-hydrogen) atoms. The molecule has 0 saturated carbocycles. The number of aromatic amines is 1. The third-order valence-corrected chi connectivity index (χ3v) is 4.96. The highest BCUT2D eigenvalue weighted by Gasteiger charge is 2.27. The first kappa shape index (κ1) is 19.1. The van der Waals surface area contributed by atoms with Crippen LogP contribution in [0, 0.1) is 0 Å². The molecule has 1 saturated heterocycles. The van der Waals surface area contributed by atoms with E-state index < -0.39 is 0 Å². The molecule has 1 amide bonds. The number of H-pyrrole nitrogens is 1. The van der Waals surface area contributed by atoms with E-state index in [0.29, 0.717) is 11.3 Å². The molecule has 0 spiro atoms. The van der Waals surface area contributed by atoms with Gasteiger partial charge in [-0.05, 0) is 44.2 Å². The van der Waals surface area contributed by atoms with E-state index in [2.05, 4.69) is 9.97 Å². The van der Waals surface area contributed by atoms with Gasteiger partial charge in [0.2, 0.25) is 5.95 Å². The summed E-state index contributed by atoms with van der Waals surface area (Å²) in [5, 5.41) is 0. The molecule has 144 valence electrons. The first-order chi connectivity index (χ1) is 13.1. The van der Waals surface area contributed by atoms with Gasteiger partial charge in [0.05, 0.1) is 5.69 Å². The first-order valence-electron chi connectivity index (χ1n) is 9.35. The molecule has 0 radical (unpaired) electrons. The van der Waals surface area contributed by atoms with Gasteiger partial charge in [-0.2, -0.15) is 0 Å². The number of anilines is 1. The summed E-state index contributed by atoms with van der Waals surface area (Å²) < 4.78 is 5.14. The summed E-state index contributed by atoms with van der Waals surface area (Å²) in [6, 6.07) is 8.85. The van der Waals surface area contributed by atoms with Crippen molar-refractivity contribution in [2.45, 2.75) is 38.1 Å². The Morgan fingerprint density at radius 2 is 2.11 bits per heavy atom. The van der Waals surface area contributed by atoms with Crippen molar-refractivity contribution in [3.05, 3.63) is 46.2 Å². The lowest BCUT2D eigenvalue weighted by Gasteiger charge is -2.36. The molecule has 1 aliphatic rings. The van der Waals surface area contributed by atoms with Crippen molar-refractivity contribution in [1.82, 2.24) is 14.9 Å². The fourth-order valence-corrected chi connectivity index (χ4v) is 3.61. The summed E-state index contributed by atoms with van der Waals surface area (Å²) >= 11 is 0. The van der Waals surface area contributed by atoms with Gasteiger partial charge < -0.3 is 15.4 Å². The van der Waals surface area contributed by atoms with Gasteiger partial charge in [0.1, 0.15) is 0 Å². The Hall–Kier alpha value is -2.67. The van der Waals surface area contributed by atoms with E-state index in [1.807, 2.05) is 4.90 Å². The number of methoxy groups -OCH3 is 1. The summed E-state index contributed by atoms with van der Waals surface area (Å²) in [6.07, 6.45) is 5.17. The smallest absolute Gasteiger partial charge is 0.254 e. The number of nitrogens with zero attached hydrogens (tertiary/aromatic N) is 2. The standard InChI is InChI=1S/C20H26N4O3/c1-27-12-4-6-16-5-2-3-11-24(16)19(26)15-9-7-14(8-10-15)17-13-18(25)23-20(21)22-17/h7-10,13,16H,2-6,11-12H2,1H3,(H3,21,22,23,25). The minimum Gasteiger partial charge on any atom is -0.385 e. The van der Waals surface area contributed by atoms with Gasteiger partial charge in [0.25, 0.3) is 11.5 Å². The van der Waals surface area contributed by atoms with Crippen molar-refractivity contribution in [2.24, 2.45) is 0 Å². The Labute approximate surface area is 158 Å². The number of likely N-dealkylation sites (tertiary alicyclic amines) is 1. The minimum absolute atomic E-state index is 0.0575. The number of piperidine rings is 1. The fourth-order valence-electron chi connectivity index (χ4n) is 3.61. The Kier molecular flexibility index (Phi) is 6.24. The molecule has 1 unspecified atom stereocenters. The van der Waals surface area contributed by atoms with Crippen LogP contribution in [0.5, 0.6) is 0 Å². The van der Waals surface area contributed by atoms with Crippen LogP contribution in [0.1, 0.15) is 42.5 Å². The lowest BCUT2D eigenvalue weighted by Crippen LogP contribution is -2.43. The maximum atomic E-state index is 13.0. The highest BCUT2D eigenvalue weighted by Crippen LogP contribution is 2.24. The molecule has 2 aromatic rings. The second-order valence-electron chi connectivity index (χ2n) is 6.88. The maximum absolute atomic E-state index is 13.0. The monoisotopic (exact) mass is 370 g/mol. The Bertz CT molecular complexity index is 832. The third kappa shape index (κ3) is 4.74. The average molecular weight is 370 g/mol. The predicted octanol–water partition coefficient (Wildman–Crippen LogP) is 2.44. The van der Waals surface area contributed by atoms with E-state index in [9.17, 15) is 9.59 Å². The van der Waals surface area contributed by atoms with Crippen molar-refractivity contribution in [2.75, 3.05) is 26.0 Å². The molecular formula is C20H26N4O3. The number of hydrogen-bond donors (Lipinski definition) is 2. The van der Waals surface area contributed by atoms with Crippen LogP contribution in [-0.2, 0) is 4.74 Å². The van der Waals surface area contributed by atoms with Crippen LogP contribution < -0.4 is 11.3 Å². The topological polar surface area (TPSA) is 101 Å². The molecule has 7 heteroatoms. The molecule has 1 atom stereocenters. The maximum Gasteiger partial charge on any atom is 0.254 e. The zero-order chi connectivity index (χ0) is 19.2. The summed E-state index contributed by atoms with van der Waals surface area (Å²) in [5.41, 5.74) is 7.19. The van der Waals surface area contributed by atoms with Crippen LogP contribution in [0.4, 0.5) is 5.95 Å². The number of nitrogen functional groups attached to an aromatic ring is 1. The van der Waals surface area contributed by atoms with E-state index in [4.69, 9.17) is 10.5 Å². The highest BCUT2D eigenvalue weighted by molar-refractivity contribution is 5.95. The van der Waals surface area contributed by atoms with Gasteiger partial charge in [-0.1, -0.05) is 12.1 Å². The van der Waals surface area contributed by atoms with Crippen molar-refractivity contribution in [3.63, 3.8) is 0 Å². The van der Waals surface area contributed by atoms with E-state index in [0.717, 1.165) is 50.8 Å². The van der Waals surface area contributed by atoms with E-state index in [-0.39, 0.29) is 23.5 Å². The van der Waals surface area contributed by atoms with Gasteiger partial charge in [-0.3, -0.25) is 14.6 Å². The van der Waals surface area contributed by atoms with Crippen molar-refractivity contribution in [3.8, 4) is 11.3 Å². The summed E-state index contributed by atoms with van der Waals surface area (Å²) in [5.74, 6) is 0.131. The van der Waals surface area contributed by atoms with Crippen LogP contribution in [0.3, 0.4) is 0 Å². The van der Waals surface area contributed by atoms with Crippen molar-refractivity contribution < 1.29 is 9.53 Å². The molecule has 1 aromatic heterocycles. The second kappa shape index (κ2) is 8.81. The predicted molar refractivity (Wildman–Crippen MR) is 104 cm³/mol. The van der Waals surface area contributed by atoms with Crippen molar-refractivity contribution in [1.29, 1.82) is 0 Å². The third-order valence-electron chi connectivity index (χ3n) is 4.96. The molecule has 0 aliphatic carbocycles. The number of rotatable bonds is 6. The van der Waals surface area contributed by atoms with Crippen LogP contribution in [-0.4, -0.2) is 47.1 Å². The van der Waals surface area contributed by atoms with Crippen LogP contribution >= 0.6 is 0 Å². The molecule has 1 aromatic carbocycles. The number of amides is 1.